The zero-order valence-electron chi connectivity index (χ0n) is 11.7. The summed E-state index contributed by atoms with van der Waals surface area (Å²) in [6.07, 6.45) is 4.53. The average molecular weight is 245 g/mol. The number of hydrogen-bond donors (Lipinski definition) is 0. The number of rotatable bonds is 3. The largest absolute Gasteiger partial charge is 0.496 e. The Morgan fingerprint density at radius 1 is 1.28 bits per heavy atom. The molecule has 1 aromatic carbocycles. The van der Waals surface area contributed by atoms with Crippen LogP contribution in [0.25, 0.3) is 0 Å². The molecule has 0 fully saturated rings. The Morgan fingerprint density at radius 3 is 2.78 bits per heavy atom. The second-order valence-electron chi connectivity index (χ2n) is 5.18. The molecule has 0 aliphatic carbocycles. The maximum atomic E-state index is 5.47. The number of fused-ring (bicyclic) bond motifs is 1. The molecule has 0 saturated carbocycles. The third-order valence-electron chi connectivity index (χ3n) is 3.58. The van der Waals surface area contributed by atoms with Crippen molar-refractivity contribution in [1.82, 2.24) is 4.90 Å². The molecule has 0 unspecified atom stereocenters. The fraction of sp³-hybridized carbons (Fsp3) is 0.500. The minimum Gasteiger partial charge on any atom is -0.496 e. The molecule has 0 spiro atoms. The molecule has 1 aliphatic heterocycles. The van der Waals surface area contributed by atoms with Crippen molar-refractivity contribution in [3.8, 4) is 5.75 Å². The maximum absolute atomic E-state index is 5.47. The van der Waals surface area contributed by atoms with Crippen LogP contribution in [0, 0.1) is 0 Å². The van der Waals surface area contributed by atoms with Crippen LogP contribution < -0.4 is 4.74 Å². The molecule has 2 nitrogen and oxygen atoms in total. The summed E-state index contributed by atoms with van der Waals surface area (Å²) >= 11 is 0. The van der Waals surface area contributed by atoms with Gasteiger partial charge in [-0.25, -0.2) is 0 Å². The lowest BCUT2D eigenvalue weighted by atomic mass is 10.0. The van der Waals surface area contributed by atoms with Crippen LogP contribution in [-0.4, -0.2) is 31.6 Å². The van der Waals surface area contributed by atoms with Crippen LogP contribution in [0.4, 0.5) is 0 Å². The number of hydrogen-bond acceptors (Lipinski definition) is 2. The van der Waals surface area contributed by atoms with E-state index in [1.165, 1.54) is 16.7 Å². The fourth-order valence-corrected chi connectivity index (χ4v) is 2.47. The molecule has 2 heteroatoms. The molecule has 98 valence electrons. The number of methoxy groups -OCH3 is 1. The van der Waals surface area contributed by atoms with Crippen LogP contribution in [-0.2, 0) is 12.8 Å². The minimum absolute atomic E-state index is 1.05. The third kappa shape index (κ3) is 3.14. The highest BCUT2D eigenvalue weighted by Crippen LogP contribution is 2.25. The molecule has 0 bridgehead atoms. The molecule has 2 rings (SSSR count). The average Bonchev–Trinajstić information content (AvgIpc) is 2.58. The Hall–Kier alpha value is -1.28. The van der Waals surface area contributed by atoms with Crippen molar-refractivity contribution in [3.05, 3.63) is 41.0 Å². The number of allylic oxidation sites excluding steroid dienone is 1. The first-order valence-electron chi connectivity index (χ1n) is 6.71. The topological polar surface area (TPSA) is 12.5 Å². The third-order valence-corrected chi connectivity index (χ3v) is 3.58. The van der Waals surface area contributed by atoms with Gasteiger partial charge in [-0.15, -0.1) is 0 Å². The second kappa shape index (κ2) is 6.05. The molecule has 1 aliphatic rings. The first-order chi connectivity index (χ1) is 8.70. The molecule has 0 radical (unpaired) electrons. The molecular formula is C16H23NO. The van der Waals surface area contributed by atoms with Gasteiger partial charge in [0.05, 0.1) is 7.11 Å². The maximum Gasteiger partial charge on any atom is 0.122 e. The summed E-state index contributed by atoms with van der Waals surface area (Å²) in [7, 11) is 1.77. The van der Waals surface area contributed by atoms with Gasteiger partial charge in [-0.1, -0.05) is 23.8 Å². The highest BCUT2D eigenvalue weighted by molar-refractivity contribution is 5.41. The van der Waals surface area contributed by atoms with E-state index in [1.54, 1.807) is 7.11 Å². The van der Waals surface area contributed by atoms with Crippen molar-refractivity contribution >= 4 is 0 Å². The molecule has 0 amide bonds. The Bertz CT molecular complexity index is 433. The summed E-state index contributed by atoms with van der Waals surface area (Å²) in [6.45, 7) is 7.66. The van der Waals surface area contributed by atoms with Gasteiger partial charge in [0, 0.05) is 19.6 Å². The number of benzene rings is 1. The molecule has 1 aromatic rings. The predicted octanol–water partition coefficient (Wildman–Crippen LogP) is 3.06. The predicted molar refractivity (Wildman–Crippen MR) is 76.3 cm³/mol. The lowest BCUT2D eigenvalue weighted by molar-refractivity contribution is 0.317. The fourth-order valence-electron chi connectivity index (χ4n) is 2.47. The summed E-state index contributed by atoms with van der Waals surface area (Å²) in [4.78, 5) is 2.52. The van der Waals surface area contributed by atoms with E-state index in [0.29, 0.717) is 0 Å². The van der Waals surface area contributed by atoms with Crippen LogP contribution in [0.3, 0.4) is 0 Å². The van der Waals surface area contributed by atoms with Gasteiger partial charge in [0.15, 0.2) is 0 Å². The smallest absolute Gasteiger partial charge is 0.122 e. The van der Waals surface area contributed by atoms with Gasteiger partial charge in [-0.3, -0.25) is 4.90 Å². The molecule has 0 N–H and O–H groups in total. The summed E-state index contributed by atoms with van der Waals surface area (Å²) in [5.41, 5.74) is 4.25. The van der Waals surface area contributed by atoms with Crippen molar-refractivity contribution in [2.45, 2.75) is 26.7 Å². The molecule has 18 heavy (non-hydrogen) atoms. The SMILES string of the molecule is COc1cccc2c1CCN(CC=C(C)C)CC2. The van der Waals surface area contributed by atoms with Crippen LogP contribution in [0.1, 0.15) is 25.0 Å². The number of ether oxygens (including phenoxy) is 1. The Balaban J connectivity index is 2.09. The zero-order valence-corrected chi connectivity index (χ0v) is 11.7. The second-order valence-corrected chi connectivity index (χ2v) is 5.18. The van der Waals surface area contributed by atoms with Gasteiger partial charge in [0.1, 0.15) is 5.75 Å². The normalized spacial score (nSPS) is 15.7. The highest BCUT2D eigenvalue weighted by Gasteiger charge is 2.15. The summed E-state index contributed by atoms with van der Waals surface area (Å²) in [6, 6.07) is 6.41. The van der Waals surface area contributed by atoms with Crippen LogP contribution >= 0.6 is 0 Å². The van der Waals surface area contributed by atoms with Gasteiger partial charge >= 0.3 is 0 Å². The molecule has 0 saturated heterocycles. The van der Waals surface area contributed by atoms with Gasteiger partial charge in [-0.2, -0.15) is 0 Å². The summed E-state index contributed by atoms with van der Waals surface area (Å²) < 4.78 is 5.47. The Morgan fingerprint density at radius 2 is 2.06 bits per heavy atom. The molecular weight excluding hydrogens is 222 g/mol. The van der Waals surface area contributed by atoms with Gasteiger partial charge in [0.25, 0.3) is 0 Å². The van der Waals surface area contributed by atoms with E-state index < -0.39 is 0 Å². The van der Waals surface area contributed by atoms with Crippen molar-refractivity contribution in [3.63, 3.8) is 0 Å². The monoisotopic (exact) mass is 245 g/mol. The quantitative estimate of drug-likeness (QED) is 0.759. The molecule has 1 heterocycles. The first kappa shape index (κ1) is 13.2. The summed E-state index contributed by atoms with van der Waals surface area (Å²) in [5, 5.41) is 0. The number of nitrogens with zero attached hydrogens (tertiary/aromatic N) is 1. The van der Waals surface area contributed by atoms with Gasteiger partial charge in [0.2, 0.25) is 0 Å². The molecule has 0 atom stereocenters. The minimum atomic E-state index is 1.05. The van der Waals surface area contributed by atoms with E-state index in [9.17, 15) is 0 Å². The lowest BCUT2D eigenvalue weighted by Crippen LogP contribution is -2.26. The van der Waals surface area contributed by atoms with E-state index in [2.05, 4.69) is 43.0 Å². The van der Waals surface area contributed by atoms with Gasteiger partial charge in [-0.05, 0) is 43.9 Å². The van der Waals surface area contributed by atoms with E-state index >= 15 is 0 Å². The van der Waals surface area contributed by atoms with Crippen molar-refractivity contribution in [2.24, 2.45) is 0 Å². The van der Waals surface area contributed by atoms with Crippen LogP contribution in [0.2, 0.25) is 0 Å². The van der Waals surface area contributed by atoms with Crippen LogP contribution in [0.15, 0.2) is 29.8 Å². The van der Waals surface area contributed by atoms with Crippen LogP contribution in [0.5, 0.6) is 5.75 Å². The lowest BCUT2D eigenvalue weighted by Gasteiger charge is -2.17. The highest BCUT2D eigenvalue weighted by atomic mass is 16.5. The first-order valence-corrected chi connectivity index (χ1v) is 6.71. The standard InChI is InChI=1S/C16H23NO/c1-13(2)7-10-17-11-8-14-5-4-6-16(18-3)15(14)9-12-17/h4-7H,8-12H2,1-3H3. The van der Waals surface area contributed by atoms with E-state index in [-0.39, 0.29) is 0 Å². The van der Waals surface area contributed by atoms with Crippen molar-refractivity contribution in [1.29, 1.82) is 0 Å². The molecule has 0 aromatic heterocycles. The van der Waals surface area contributed by atoms with E-state index in [4.69, 9.17) is 4.74 Å². The van der Waals surface area contributed by atoms with Crippen molar-refractivity contribution < 1.29 is 4.74 Å². The van der Waals surface area contributed by atoms with Crippen molar-refractivity contribution in [2.75, 3.05) is 26.7 Å². The van der Waals surface area contributed by atoms with Gasteiger partial charge < -0.3 is 4.74 Å². The summed E-state index contributed by atoms with van der Waals surface area (Å²) in [5.74, 6) is 1.05. The van der Waals surface area contributed by atoms with E-state index in [1.807, 2.05) is 0 Å². The Labute approximate surface area is 110 Å². The zero-order chi connectivity index (χ0) is 13.0. The van der Waals surface area contributed by atoms with E-state index in [0.717, 1.165) is 38.2 Å². The Kier molecular flexibility index (Phi) is 4.43.